The Balaban J connectivity index is 0.000000262. The Morgan fingerprint density at radius 1 is 1.67 bits per heavy atom. The zero-order chi connectivity index (χ0) is 11.7. The number of hydrogen-bond donors (Lipinski definition) is 1. The summed E-state index contributed by atoms with van der Waals surface area (Å²) >= 11 is 1.45. The van der Waals surface area contributed by atoms with Crippen molar-refractivity contribution < 1.29 is 14.7 Å². The van der Waals surface area contributed by atoms with Gasteiger partial charge in [-0.1, -0.05) is 26.3 Å². The molecule has 1 atom stereocenters. The summed E-state index contributed by atoms with van der Waals surface area (Å²) in [5.41, 5.74) is 0. The minimum atomic E-state index is -0.695. The highest BCUT2D eigenvalue weighted by atomic mass is 32.1. The van der Waals surface area contributed by atoms with Crippen molar-refractivity contribution in [2.45, 2.75) is 26.7 Å². The number of carboxylic acid groups (broad SMARTS) is 1. The summed E-state index contributed by atoms with van der Waals surface area (Å²) in [6, 6.07) is 3.64. The lowest BCUT2D eigenvalue weighted by molar-refractivity contribution is -0.137. The fourth-order valence-electron chi connectivity index (χ4n) is 0.801. The van der Waals surface area contributed by atoms with Crippen LogP contribution >= 0.6 is 11.3 Å². The van der Waals surface area contributed by atoms with Crippen LogP contribution in [0.4, 0.5) is 0 Å². The lowest BCUT2D eigenvalue weighted by Crippen LogP contribution is -2.02. The summed E-state index contributed by atoms with van der Waals surface area (Å²) in [5.74, 6) is -0.369. The number of aliphatic carboxylic acids is 1. The normalized spacial score (nSPS) is 11.1. The minimum Gasteiger partial charge on any atom is -0.481 e. The van der Waals surface area contributed by atoms with E-state index in [0.717, 1.165) is 17.6 Å². The van der Waals surface area contributed by atoms with Gasteiger partial charge < -0.3 is 5.11 Å². The number of carbonyl (C=O) groups excluding carboxylic acids is 1. The van der Waals surface area contributed by atoms with E-state index in [9.17, 15) is 9.59 Å². The SMILES string of the molecule is CCC(C)CC(=O)O.O=Cc1cccs1. The first-order chi connectivity index (χ1) is 7.10. The third kappa shape index (κ3) is 7.88. The molecule has 4 heteroatoms. The molecule has 0 radical (unpaired) electrons. The van der Waals surface area contributed by atoms with Crippen molar-refractivity contribution in [3.8, 4) is 0 Å². The van der Waals surface area contributed by atoms with E-state index < -0.39 is 5.97 Å². The number of rotatable bonds is 4. The van der Waals surface area contributed by atoms with Crippen LogP contribution in [0.25, 0.3) is 0 Å². The first-order valence-corrected chi connectivity index (χ1v) is 5.68. The predicted molar refractivity (Wildman–Crippen MR) is 61.4 cm³/mol. The summed E-state index contributed by atoms with van der Waals surface area (Å²) < 4.78 is 0. The maximum atomic E-state index is 9.97. The van der Waals surface area contributed by atoms with E-state index in [1.807, 2.05) is 25.3 Å². The van der Waals surface area contributed by atoms with E-state index in [1.54, 1.807) is 6.07 Å². The van der Waals surface area contributed by atoms with Gasteiger partial charge in [0.1, 0.15) is 0 Å². The molecule has 0 aliphatic rings. The van der Waals surface area contributed by atoms with E-state index in [0.29, 0.717) is 12.3 Å². The average molecular weight is 228 g/mol. The molecule has 0 aromatic carbocycles. The molecule has 0 aliphatic heterocycles. The first-order valence-electron chi connectivity index (χ1n) is 4.80. The zero-order valence-corrected chi connectivity index (χ0v) is 9.79. The van der Waals surface area contributed by atoms with E-state index in [4.69, 9.17) is 5.11 Å². The molecular formula is C11H16O3S. The highest BCUT2D eigenvalue weighted by Crippen LogP contribution is 2.04. The van der Waals surface area contributed by atoms with Crippen LogP contribution in [0.15, 0.2) is 17.5 Å². The second-order valence-electron chi connectivity index (χ2n) is 3.24. The number of hydrogen-bond acceptors (Lipinski definition) is 3. The number of carboxylic acids is 1. The second-order valence-corrected chi connectivity index (χ2v) is 4.22. The molecule has 0 saturated carbocycles. The van der Waals surface area contributed by atoms with Crippen LogP contribution < -0.4 is 0 Å². The van der Waals surface area contributed by atoms with Crippen LogP contribution in [-0.2, 0) is 4.79 Å². The zero-order valence-electron chi connectivity index (χ0n) is 8.97. The summed E-state index contributed by atoms with van der Waals surface area (Å²) in [5, 5.41) is 10.1. The third-order valence-electron chi connectivity index (χ3n) is 1.88. The van der Waals surface area contributed by atoms with Crippen molar-refractivity contribution in [1.82, 2.24) is 0 Å². The molecule has 1 heterocycles. The summed E-state index contributed by atoms with van der Waals surface area (Å²) in [7, 11) is 0. The van der Waals surface area contributed by atoms with E-state index >= 15 is 0 Å². The summed E-state index contributed by atoms with van der Waals surface area (Å²) in [6.07, 6.45) is 2.10. The monoisotopic (exact) mass is 228 g/mol. The van der Waals surface area contributed by atoms with E-state index in [1.165, 1.54) is 11.3 Å². The highest BCUT2D eigenvalue weighted by Gasteiger charge is 2.02. The van der Waals surface area contributed by atoms with Gasteiger partial charge in [-0.2, -0.15) is 0 Å². The molecule has 0 amide bonds. The molecule has 0 fully saturated rings. The Kier molecular flexibility index (Phi) is 7.54. The van der Waals surface area contributed by atoms with Gasteiger partial charge in [0.15, 0.2) is 6.29 Å². The Hall–Kier alpha value is -1.16. The van der Waals surface area contributed by atoms with Gasteiger partial charge in [-0.3, -0.25) is 9.59 Å². The van der Waals surface area contributed by atoms with Gasteiger partial charge in [0.05, 0.1) is 4.88 Å². The molecule has 0 bridgehead atoms. The van der Waals surface area contributed by atoms with Crippen molar-refractivity contribution >= 4 is 23.6 Å². The van der Waals surface area contributed by atoms with Gasteiger partial charge in [-0.05, 0) is 17.4 Å². The molecule has 1 N–H and O–H groups in total. The molecule has 1 aromatic heterocycles. The van der Waals surface area contributed by atoms with Gasteiger partial charge in [0.2, 0.25) is 0 Å². The van der Waals surface area contributed by atoms with Crippen molar-refractivity contribution in [3.05, 3.63) is 22.4 Å². The number of thiophene rings is 1. The van der Waals surface area contributed by atoms with Crippen molar-refractivity contribution in [2.75, 3.05) is 0 Å². The summed E-state index contributed by atoms with van der Waals surface area (Å²) in [4.78, 5) is 20.6. The smallest absolute Gasteiger partial charge is 0.303 e. The Morgan fingerprint density at radius 3 is 2.53 bits per heavy atom. The van der Waals surface area contributed by atoms with Crippen molar-refractivity contribution in [3.63, 3.8) is 0 Å². The quantitative estimate of drug-likeness (QED) is 0.806. The molecule has 0 spiro atoms. The topological polar surface area (TPSA) is 54.4 Å². The van der Waals surface area contributed by atoms with Crippen molar-refractivity contribution in [1.29, 1.82) is 0 Å². The Labute approximate surface area is 93.7 Å². The van der Waals surface area contributed by atoms with Gasteiger partial charge in [-0.25, -0.2) is 0 Å². The van der Waals surface area contributed by atoms with Crippen LogP contribution in [0.2, 0.25) is 0 Å². The molecule has 84 valence electrons. The van der Waals surface area contributed by atoms with Gasteiger partial charge in [0, 0.05) is 6.42 Å². The fourth-order valence-corrected chi connectivity index (χ4v) is 1.33. The predicted octanol–water partition coefficient (Wildman–Crippen LogP) is 3.07. The minimum absolute atomic E-state index is 0.302. The molecule has 0 aliphatic carbocycles. The number of aldehydes is 1. The highest BCUT2D eigenvalue weighted by molar-refractivity contribution is 7.11. The Morgan fingerprint density at radius 2 is 2.33 bits per heavy atom. The molecule has 1 unspecified atom stereocenters. The molecule has 1 rings (SSSR count). The lowest BCUT2D eigenvalue weighted by atomic mass is 10.1. The summed E-state index contributed by atoms with van der Waals surface area (Å²) in [6.45, 7) is 3.93. The van der Waals surface area contributed by atoms with Crippen LogP contribution in [0.5, 0.6) is 0 Å². The van der Waals surface area contributed by atoms with E-state index in [-0.39, 0.29) is 0 Å². The lowest BCUT2D eigenvalue weighted by Gasteiger charge is -2.00. The molecule has 0 saturated heterocycles. The molecular weight excluding hydrogens is 212 g/mol. The third-order valence-corrected chi connectivity index (χ3v) is 2.68. The van der Waals surface area contributed by atoms with Crippen LogP contribution in [0, 0.1) is 5.92 Å². The first kappa shape index (κ1) is 13.8. The molecule has 1 aromatic rings. The van der Waals surface area contributed by atoms with Gasteiger partial charge in [-0.15, -0.1) is 11.3 Å². The Bertz CT molecular complexity index is 280. The van der Waals surface area contributed by atoms with Gasteiger partial charge >= 0.3 is 5.97 Å². The largest absolute Gasteiger partial charge is 0.481 e. The molecule has 15 heavy (non-hydrogen) atoms. The van der Waals surface area contributed by atoms with Crippen LogP contribution in [0.1, 0.15) is 36.4 Å². The van der Waals surface area contributed by atoms with Crippen LogP contribution in [-0.4, -0.2) is 17.4 Å². The van der Waals surface area contributed by atoms with Crippen LogP contribution in [0.3, 0.4) is 0 Å². The van der Waals surface area contributed by atoms with E-state index in [2.05, 4.69) is 0 Å². The fraction of sp³-hybridized carbons (Fsp3) is 0.455. The number of carbonyl (C=O) groups is 2. The van der Waals surface area contributed by atoms with Crippen molar-refractivity contribution in [2.24, 2.45) is 5.92 Å². The second kappa shape index (κ2) is 8.17. The maximum Gasteiger partial charge on any atom is 0.303 e. The standard InChI is InChI=1S/C6H12O2.C5H4OS/c1-3-5(2)4-6(7)8;6-4-5-2-1-3-7-5/h5H,3-4H2,1-2H3,(H,7,8);1-4H. The average Bonchev–Trinajstić information content (AvgIpc) is 2.70. The molecule has 3 nitrogen and oxygen atoms in total. The van der Waals surface area contributed by atoms with Gasteiger partial charge in [0.25, 0.3) is 0 Å². The maximum absolute atomic E-state index is 9.97.